The second-order valence-electron chi connectivity index (χ2n) is 17.0. The van der Waals surface area contributed by atoms with Crippen molar-refractivity contribution in [1.29, 1.82) is 0 Å². The molecule has 63 heavy (non-hydrogen) atoms. The van der Waals surface area contributed by atoms with Crippen molar-refractivity contribution in [1.82, 2.24) is 4.31 Å². The van der Waals surface area contributed by atoms with Gasteiger partial charge >= 0.3 is 5.97 Å². The van der Waals surface area contributed by atoms with Gasteiger partial charge in [0.05, 0.1) is 44.4 Å². The van der Waals surface area contributed by atoms with Gasteiger partial charge in [-0.3, -0.25) is 4.79 Å². The fourth-order valence-corrected chi connectivity index (χ4v) is 11.1. The first kappa shape index (κ1) is 46.1. The third kappa shape index (κ3) is 10.2. The van der Waals surface area contributed by atoms with Crippen LogP contribution in [0.1, 0.15) is 72.1 Å². The van der Waals surface area contributed by atoms with E-state index in [-0.39, 0.29) is 26.1 Å². The van der Waals surface area contributed by atoms with Gasteiger partial charge in [0.25, 0.3) is 0 Å². The highest BCUT2D eigenvalue weighted by molar-refractivity contribution is 7.89. The first-order valence-corrected chi connectivity index (χ1v) is 23.3. The van der Waals surface area contributed by atoms with E-state index >= 15 is 4.39 Å². The maximum Gasteiger partial charge on any atom is 0.337 e. The Morgan fingerprint density at radius 3 is 2.25 bits per heavy atom. The molecule has 0 radical (unpaired) electrons. The van der Waals surface area contributed by atoms with E-state index in [9.17, 15) is 18.0 Å². The predicted molar refractivity (Wildman–Crippen MR) is 241 cm³/mol. The Labute approximate surface area is 375 Å². The number of allylic oxidation sites excluding steroid dienone is 1. The van der Waals surface area contributed by atoms with Crippen LogP contribution in [-0.4, -0.2) is 83.5 Å². The summed E-state index contributed by atoms with van der Waals surface area (Å²) < 4.78 is 74.4. The van der Waals surface area contributed by atoms with E-state index in [4.69, 9.17) is 35.3 Å². The van der Waals surface area contributed by atoms with Crippen molar-refractivity contribution in [3.05, 3.63) is 130 Å². The topological polar surface area (TPSA) is 121 Å². The van der Waals surface area contributed by atoms with Gasteiger partial charge in [-0.25, -0.2) is 17.6 Å². The molecular weight excluding hydrogens is 847 g/mol. The average molecular weight is 904 g/mol. The minimum absolute atomic E-state index is 0.00730. The van der Waals surface area contributed by atoms with E-state index in [1.54, 1.807) is 70.5 Å². The molecule has 11 nitrogen and oxygen atoms in total. The van der Waals surface area contributed by atoms with Crippen LogP contribution in [0.15, 0.2) is 96.8 Å². The molecule has 0 unspecified atom stereocenters. The number of carbonyl (C=O) groups excluding carboxylic acids is 2. The Morgan fingerprint density at radius 2 is 1.62 bits per heavy atom. The average Bonchev–Trinajstić information content (AvgIpc) is 3.71. The molecule has 0 aromatic heterocycles. The number of methoxy groups -OCH3 is 3. The third-order valence-electron chi connectivity index (χ3n) is 13.0. The lowest BCUT2D eigenvalue weighted by Gasteiger charge is -2.41. The van der Waals surface area contributed by atoms with Crippen molar-refractivity contribution < 1.29 is 46.1 Å². The molecule has 2 aliphatic heterocycles. The van der Waals surface area contributed by atoms with Crippen LogP contribution in [0, 0.1) is 11.8 Å². The summed E-state index contributed by atoms with van der Waals surface area (Å²) in [6.07, 6.45) is 3.33. The lowest BCUT2D eigenvalue weighted by Crippen LogP contribution is -2.48. The summed E-state index contributed by atoms with van der Waals surface area (Å²) in [6.45, 7) is 5.11. The van der Waals surface area contributed by atoms with Crippen LogP contribution in [0.3, 0.4) is 0 Å². The molecule has 4 aromatic rings. The number of Topliss-reactive ketones (excluding diaryl/α,β-unsaturated/α-hetero) is 1. The van der Waals surface area contributed by atoms with Crippen LogP contribution in [0.5, 0.6) is 17.2 Å². The smallest absolute Gasteiger partial charge is 0.337 e. The number of anilines is 1. The van der Waals surface area contributed by atoms with Crippen LogP contribution in [0.2, 0.25) is 5.02 Å². The molecule has 1 fully saturated rings. The normalized spacial score (nSPS) is 20.9. The van der Waals surface area contributed by atoms with Gasteiger partial charge in [0.1, 0.15) is 23.4 Å². The summed E-state index contributed by atoms with van der Waals surface area (Å²) >= 11 is 6.44. The van der Waals surface area contributed by atoms with Crippen LogP contribution < -0.4 is 19.1 Å². The highest BCUT2D eigenvalue weighted by atomic mass is 35.5. The summed E-state index contributed by atoms with van der Waals surface area (Å²) in [4.78, 5) is 28.8. The molecule has 0 N–H and O–H groups in total. The number of esters is 1. The van der Waals surface area contributed by atoms with Crippen molar-refractivity contribution in [2.75, 3.05) is 52.5 Å². The molecule has 4 aromatic carbocycles. The third-order valence-corrected chi connectivity index (χ3v) is 15.6. The second-order valence-corrected chi connectivity index (χ2v) is 19.7. The fourth-order valence-electron chi connectivity index (χ4n) is 9.10. The van der Waals surface area contributed by atoms with Crippen molar-refractivity contribution in [2.45, 2.75) is 75.8 Å². The number of carbonyl (C=O) groups is 2. The first-order valence-electron chi connectivity index (χ1n) is 21.4. The lowest BCUT2D eigenvalue weighted by molar-refractivity contribution is -0.127. The Hall–Kier alpha value is -4.95. The lowest BCUT2D eigenvalue weighted by atomic mass is 9.70. The highest BCUT2D eigenvalue weighted by Crippen LogP contribution is 2.45. The summed E-state index contributed by atoms with van der Waals surface area (Å²) in [5, 5.41) is -0.248. The van der Waals surface area contributed by atoms with Crippen LogP contribution in [0.4, 0.5) is 10.1 Å². The largest absolute Gasteiger partial charge is 0.497 e. The summed E-state index contributed by atoms with van der Waals surface area (Å²) in [6, 6.07) is 25.6. The molecule has 0 bridgehead atoms. The van der Waals surface area contributed by atoms with Crippen molar-refractivity contribution >= 4 is 39.1 Å². The van der Waals surface area contributed by atoms with Gasteiger partial charge in [0.2, 0.25) is 15.8 Å². The van der Waals surface area contributed by atoms with E-state index in [1.807, 2.05) is 36.4 Å². The predicted octanol–water partition coefficient (Wildman–Crippen LogP) is 8.89. The molecular formula is C49H56ClFN2O9S. The number of aryl methyl sites for hydroxylation is 1. The van der Waals surface area contributed by atoms with Gasteiger partial charge in [-0.15, -0.1) is 0 Å². The molecule has 1 aliphatic carbocycles. The number of rotatable bonds is 16. The zero-order valence-electron chi connectivity index (χ0n) is 36.5. The summed E-state index contributed by atoms with van der Waals surface area (Å²) in [5.41, 5.74) is 4.50. The number of sulfonamides is 1. The molecule has 336 valence electrons. The molecule has 0 saturated carbocycles. The van der Waals surface area contributed by atoms with Crippen LogP contribution >= 0.6 is 11.6 Å². The van der Waals surface area contributed by atoms with E-state index in [0.29, 0.717) is 59.6 Å². The number of benzene rings is 4. The standard InChI is InChI=1S/C49H56ClFN2O9S/c1-32(33(2)63(56,57)53(27-34-9-15-40(58-3)16-10-34)28-35-11-17-41(59-4)18-12-35)8-20-43(51)46(54)47-38(22-24-61-47)29-52-30-49(23-6-7-36-25-39(50)14-19-42(36)49)31-62-45-21-13-37(26-44(45)52)48(55)60-5/h9-21,25-26,32-33,38,47H,6-8,22-24,27-31H2,1-5H3/b43-20-/t32-,33+,38-,47+,49-/m0/s1. The van der Waals surface area contributed by atoms with Gasteiger partial charge in [-0.2, -0.15) is 4.31 Å². The number of hydrogen-bond donors (Lipinski definition) is 0. The second kappa shape index (κ2) is 19.8. The van der Waals surface area contributed by atoms with Gasteiger partial charge in [-0.1, -0.05) is 48.9 Å². The zero-order chi connectivity index (χ0) is 44.9. The van der Waals surface area contributed by atoms with Crippen LogP contribution in [0.25, 0.3) is 0 Å². The quantitative estimate of drug-likeness (QED) is 0.0797. The van der Waals surface area contributed by atoms with Gasteiger partial charge in [-0.05, 0) is 128 Å². The molecule has 3 aliphatic rings. The number of hydrogen-bond acceptors (Lipinski definition) is 10. The molecule has 5 atom stereocenters. The Bertz CT molecular complexity index is 2360. The molecule has 1 spiro atoms. The van der Waals surface area contributed by atoms with E-state index < -0.39 is 56.2 Å². The van der Waals surface area contributed by atoms with E-state index in [1.165, 1.54) is 23.1 Å². The van der Waals surface area contributed by atoms with Gasteiger partial charge < -0.3 is 28.6 Å². The summed E-state index contributed by atoms with van der Waals surface area (Å²) in [7, 11) is 0.522. The minimum atomic E-state index is -3.95. The Morgan fingerprint density at radius 1 is 0.952 bits per heavy atom. The molecule has 14 heteroatoms. The Kier molecular flexibility index (Phi) is 14.5. The number of fused-ring (bicyclic) bond motifs is 3. The fraction of sp³-hybridized carbons (Fsp3) is 0.429. The maximum absolute atomic E-state index is 16.1. The number of nitrogens with zero attached hydrogens (tertiary/aromatic N) is 2. The van der Waals surface area contributed by atoms with Crippen LogP contribution in [-0.2, 0) is 49.2 Å². The maximum atomic E-state index is 16.1. The number of halogens is 2. The number of ketones is 1. The molecule has 2 heterocycles. The zero-order valence-corrected chi connectivity index (χ0v) is 38.1. The molecule has 1 saturated heterocycles. The van der Waals surface area contributed by atoms with E-state index in [0.717, 1.165) is 36.0 Å². The minimum Gasteiger partial charge on any atom is -0.497 e. The molecule has 7 rings (SSSR count). The number of ether oxygens (including phenoxy) is 5. The Balaban J connectivity index is 1.09. The first-order chi connectivity index (χ1) is 30.2. The molecule has 0 amide bonds. The van der Waals surface area contributed by atoms with Crippen molar-refractivity contribution in [3.63, 3.8) is 0 Å². The van der Waals surface area contributed by atoms with Crippen molar-refractivity contribution in [2.24, 2.45) is 11.8 Å². The summed E-state index contributed by atoms with van der Waals surface area (Å²) in [5.74, 6) is -1.26. The van der Waals surface area contributed by atoms with E-state index in [2.05, 4.69) is 11.0 Å². The van der Waals surface area contributed by atoms with Crippen molar-refractivity contribution in [3.8, 4) is 17.2 Å². The van der Waals surface area contributed by atoms with Gasteiger partial charge in [0, 0.05) is 49.1 Å². The van der Waals surface area contributed by atoms with Gasteiger partial charge in [0.15, 0.2) is 5.83 Å². The highest BCUT2D eigenvalue weighted by Gasteiger charge is 2.44. The SMILES string of the molecule is COC(=O)c1ccc2c(c1)N(C[C@@H]1CCO[C@H]1C(=O)/C(F)=C/C[C@H](C)[C@@H](C)S(=O)(=O)N(Cc1ccc(OC)cc1)Cc1ccc(OC)cc1)C[C@@]1(CCCc3cc(Cl)ccc31)CO2. The monoisotopic (exact) mass is 902 g/mol.